The molecule has 1 fully saturated rings. The van der Waals surface area contributed by atoms with Crippen LogP contribution >= 0.6 is 0 Å². The van der Waals surface area contributed by atoms with Crippen LogP contribution in [0.2, 0.25) is 0 Å². The molecular weight excluding hydrogens is 546 g/mol. The van der Waals surface area contributed by atoms with Gasteiger partial charge in [-0.2, -0.15) is 23.8 Å². The van der Waals surface area contributed by atoms with E-state index in [1.54, 1.807) is 16.8 Å². The van der Waals surface area contributed by atoms with Crippen LogP contribution in [0.5, 0.6) is 0 Å². The quantitative estimate of drug-likeness (QED) is 0.254. The van der Waals surface area contributed by atoms with Gasteiger partial charge in [-0.25, -0.2) is 9.67 Å². The Kier molecular flexibility index (Phi) is 7.27. The molecule has 0 aliphatic carbocycles. The Labute approximate surface area is 238 Å². The molecule has 0 saturated carbocycles. The standard InChI is InChI=1S/C28H26F2N10O2/c1-17(24(31)41)19-3-2-4-20(11-19)22-6-5-18(12-32-22)13-33-25-23-26(37-28(36-25)38-7-9-42-10-8-38)39(16-34-23)21-14-35-40(15-21)27(29)30/h2-6,11-12,14-16,27H,1,7-10,13H2,(H2,31,41)(H,33,36,37). The van der Waals surface area contributed by atoms with E-state index >= 15 is 0 Å². The first-order valence-electron chi connectivity index (χ1n) is 13.1. The monoisotopic (exact) mass is 572 g/mol. The molecule has 6 rings (SSSR count). The summed E-state index contributed by atoms with van der Waals surface area (Å²) in [4.78, 5) is 32.1. The maximum atomic E-state index is 13.2. The zero-order chi connectivity index (χ0) is 29.2. The Morgan fingerprint density at radius 2 is 1.95 bits per heavy atom. The number of amides is 1. The van der Waals surface area contributed by atoms with E-state index in [2.05, 4.69) is 27.0 Å². The topological polar surface area (TPSA) is 142 Å². The highest BCUT2D eigenvalue weighted by Gasteiger charge is 2.21. The Hall–Kier alpha value is -5.24. The van der Waals surface area contributed by atoms with Gasteiger partial charge in [0.05, 0.1) is 37.0 Å². The first-order chi connectivity index (χ1) is 20.4. The largest absolute Gasteiger partial charge is 0.378 e. The maximum Gasteiger partial charge on any atom is 0.333 e. The number of nitrogens with one attached hydrogen (secondary N) is 1. The number of halogens is 2. The van der Waals surface area contributed by atoms with E-state index in [1.807, 2.05) is 35.2 Å². The second kappa shape index (κ2) is 11.3. The van der Waals surface area contributed by atoms with Crippen LogP contribution in [0.1, 0.15) is 17.7 Å². The number of carbonyl (C=O) groups is 1. The zero-order valence-corrected chi connectivity index (χ0v) is 22.3. The van der Waals surface area contributed by atoms with Gasteiger partial charge >= 0.3 is 6.55 Å². The van der Waals surface area contributed by atoms with Gasteiger partial charge < -0.3 is 20.7 Å². The molecular formula is C28H26F2N10O2. The molecule has 1 aliphatic heterocycles. The highest BCUT2D eigenvalue weighted by molar-refractivity contribution is 6.18. The van der Waals surface area contributed by atoms with E-state index in [4.69, 9.17) is 20.4 Å². The normalized spacial score (nSPS) is 13.5. The number of alkyl halides is 2. The molecule has 5 aromatic rings. The molecule has 0 radical (unpaired) electrons. The number of morpholine rings is 1. The van der Waals surface area contributed by atoms with Crippen LogP contribution in [0.4, 0.5) is 20.5 Å². The lowest BCUT2D eigenvalue weighted by atomic mass is 10.0. The minimum absolute atomic E-state index is 0.232. The number of hydrogen-bond donors (Lipinski definition) is 2. The van der Waals surface area contributed by atoms with Crippen molar-refractivity contribution in [2.45, 2.75) is 13.1 Å². The molecule has 0 bridgehead atoms. The summed E-state index contributed by atoms with van der Waals surface area (Å²) in [6, 6.07) is 11.1. The summed E-state index contributed by atoms with van der Waals surface area (Å²) in [6.45, 7) is 3.68. The van der Waals surface area contributed by atoms with Gasteiger partial charge in [0.2, 0.25) is 11.9 Å². The summed E-state index contributed by atoms with van der Waals surface area (Å²) >= 11 is 0. The Morgan fingerprint density at radius 3 is 2.67 bits per heavy atom. The van der Waals surface area contributed by atoms with E-state index in [0.717, 1.165) is 16.8 Å². The molecule has 3 N–H and O–H groups in total. The number of aromatic nitrogens is 7. The average molecular weight is 573 g/mol. The Bertz CT molecular complexity index is 1760. The van der Waals surface area contributed by atoms with Gasteiger partial charge in [-0.15, -0.1) is 0 Å². The predicted molar refractivity (Wildman–Crippen MR) is 152 cm³/mol. The third kappa shape index (κ3) is 5.39. The van der Waals surface area contributed by atoms with Crippen molar-refractivity contribution in [3.05, 3.63) is 79.0 Å². The number of ether oxygens (including phenoxy) is 1. The maximum absolute atomic E-state index is 13.2. The van der Waals surface area contributed by atoms with Gasteiger partial charge in [0.1, 0.15) is 6.33 Å². The third-order valence-electron chi connectivity index (χ3n) is 6.83. The van der Waals surface area contributed by atoms with Crippen molar-refractivity contribution in [1.82, 2.24) is 34.3 Å². The highest BCUT2D eigenvalue weighted by Crippen LogP contribution is 2.27. The van der Waals surface area contributed by atoms with Gasteiger partial charge in [-0.1, -0.05) is 30.8 Å². The van der Waals surface area contributed by atoms with E-state index in [-0.39, 0.29) is 5.57 Å². The van der Waals surface area contributed by atoms with Crippen LogP contribution < -0.4 is 16.0 Å². The van der Waals surface area contributed by atoms with Crippen molar-refractivity contribution in [3.63, 3.8) is 0 Å². The van der Waals surface area contributed by atoms with Crippen LogP contribution in [-0.2, 0) is 16.1 Å². The zero-order valence-electron chi connectivity index (χ0n) is 22.3. The smallest absolute Gasteiger partial charge is 0.333 e. The van der Waals surface area contributed by atoms with Gasteiger partial charge in [0.15, 0.2) is 17.0 Å². The lowest BCUT2D eigenvalue weighted by molar-refractivity contribution is -0.112. The van der Waals surface area contributed by atoms with Gasteiger partial charge in [-0.3, -0.25) is 14.3 Å². The van der Waals surface area contributed by atoms with Crippen LogP contribution in [0, 0.1) is 0 Å². The summed E-state index contributed by atoms with van der Waals surface area (Å²) in [6.07, 6.45) is 5.83. The first-order valence-corrected chi connectivity index (χ1v) is 13.1. The Balaban J connectivity index is 1.27. The number of rotatable bonds is 9. The van der Waals surface area contributed by atoms with E-state index in [1.165, 1.54) is 18.7 Å². The molecule has 5 heterocycles. The minimum Gasteiger partial charge on any atom is -0.378 e. The lowest BCUT2D eigenvalue weighted by Gasteiger charge is -2.27. The number of benzene rings is 1. The van der Waals surface area contributed by atoms with Crippen LogP contribution in [0.15, 0.2) is 67.9 Å². The van der Waals surface area contributed by atoms with E-state index in [9.17, 15) is 13.6 Å². The molecule has 0 unspecified atom stereocenters. The molecule has 0 atom stereocenters. The van der Waals surface area contributed by atoms with Crippen molar-refractivity contribution in [2.75, 3.05) is 36.5 Å². The molecule has 1 saturated heterocycles. The first kappa shape index (κ1) is 27.0. The number of pyridine rings is 1. The fraction of sp³-hybridized carbons (Fsp3) is 0.214. The number of hydrogen-bond acceptors (Lipinski definition) is 9. The molecule has 4 aromatic heterocycles. The Morgan fingerprint density at radius 1 is 1.12 bits per heavy atom. The number of nitrogens with two attached hydrogens (primary N) is 1. The molecule has 1 aromatic carbocycles. The SMILES string of the molecule is C=C(C(N)=O)c1cccc(-c2ccc(CNc3nc(N4CCOCC4)nc4c3ncn4-c3cnn(C(F)F)c3)cn2)c1. The van der Waals surface area contributed by atoms with Crippen LogP contribution in [0.3, 0.4) is 0 Å². The highest BCUT2D eigenvalue weighted by atomic mass is 19.3. The minimum atomic E-state index is -2.76. The fourth-order valence-corrected chi connectivity index (χ4v) is 4.56. The van der Waals surface area contributed by atoms with E-state index in [0.29, 0.717) is 71.7 Å². The molecule has 1 amide bonds. The fourth-order valence-electron chi connectivity index (χ4n) is 4.56. The van der Waals surface area contributed by atoms with Crippen LogP contribution in [0.25, 0.3) is 33.7 Å². The molecule has 42 heavy (non-hydrogen) atoms. The van der Waals surface area contributed by atoms with E-state index < -0.39 is 12.5 Å². The summed E-state index contributed by atoms with van der Waals surface area (Å²) in [5.74, 6) is 0.385. The van der Waals surface area contributed by atoms with Gasteiger partial charge in [0, 0.05) is 37.0 Å². The van der Waals surface area contributed by atoms with Gasteiger partial charge in [0.25, 0.3) is 0 Å². The second-order valence-electron chi connectivity index (χ2n) is 9.54. The summed E-state index contributed by atoms with van der Waals surface area (Å²) in [5.41, 5.74) is 10.0. The number of anilines is 2. The van der Waals surface area contributed by atoms with Crippen LogP contribution in [-0.4, -0.2) is 66.5 Å². The lowest BCUT2D eigenvalue weighted by Crippen LogP contribution is -2.37. The van der Waals surface area contributed by atoms with Crippen molar-refractivity contribution >= 4 is 34.4 Å². The third-order valence-corrected chi connectivity index (χ3v) is 6.83. The molecule has 214 valence electrons. The molecule has 14 heteroatoms. The molecule has 1 aliphatic rings. The summed E-state index contributed by atoms with van der Waals surface area (Å²) in [7, 11) is 0. The number of fused-ring (bicyclic) bond motifs is 1. The predicted octanol–water partition coefficient (Wildman–Crippen LogP) is 3.42. The van der Waals surface area contributed by atoms with Crippen molar-refractivity contribution in [3.8, 4) is 16.9 Å². The average Bonchev–Trinajstić information content (AvgIpc) is 3.68. The number of carbonyl (C=O) groups excluding carboxylic acids is 1. The summed E-state index contributed by atoms with van der Waals surface area (Å²) < 4.78 is 34.0. The van der Waals surface area contributed by atoms with Gasteiger partial charge in [-0.05, 0) is 23.3 Å². The van der Waals surface area contributed by atoms with Crippen molar-refractivity contribution < 1.29 is 18.3 Å². The molecule has 0 spiro atoms. The summed E-state index contributed by atoms with van der Waals surface area (Å²) in [5, 5.41) is 7.08. The number of primary amides is 1. The second-order valence-corrected chi connectivity index (χ2v) is 9.54. The van der Waals surface area contributed by atoms with Crippen molar-refractivity contribution in [1.29, 1.82) is 0 Å². The van der Waals surface area contributed by atoms with Crippen molar-refractivity contribution in [2.24, 2.45) is 5.73 Å². The number of imidazole rings is 1. The number of nitrogens with zero attached hydrogens (tertiary/aromatic N) is 8. The molecule has 12 nitrogen and oxygen atoms in total.